The maximum atomic E-state index is 12.3. The fraction of sp³-hybridized carbons (Fsp3) is 0.429. The molecule has 23 heavy (non-hydrogen) atoms. The zero-order valence-electron chi connectivity index (χ0n) is 13.3. The molecule has 0 aliphatic rings. The van der Waals surface area contributed by atoms with Gasteiger partial charge in [-0.15, -0.1) is 17.5 Å². The molecule has 1 atom stereocenters. The Kier molecular flexibility index (Phi) is 6.47. The molecule has 0 radical (unpaired) electrons. The molecule has 0 saturated heterocycles. The van der Waals surface area contributed by atoms with E-state index < -0.39 is 5.54 Å². The highest BCUT2D eigenvalue weighted by Gasteiger charge is 2.27. The minimum atomic E-state index is -0.913. The summed E-state index contributed by atoms with van der Waals surface area (Å²) < 4.78 is 6.74. The lowest BCUT2D eigenvalue weighted by atomic mass is 9.96. The van der Waals surface area contributed by atoms with E-state index in [1.165, 1.54) is 11.0 Å². The molecular weight excluding hydrogens is 320 g/mol. The highest BCUT2D eigenvalue weighted by molar-refractivity contribution is 5.97. The summed E-state index contributed by atoms with van der Waals surface area (Å²) in [6, 6.07) is 5.21. The van der Waals surface area contributed by atoms with E-state index in [2.05, 4.69) is 20.8 Å². The van der Waals surface area contributed by atoms with E-state index in [0.29, 0.717) is 23.5 Å². The second-order valence-corrected chi connectivity index (χ2v) is 5.26. The number of nitrogens with zero attached hydrogens (tertiary/aromatic N) is 4. The quantitative estimate of drug-likeness (QED) is 0.826. The van der Waals surface area contributed by atoms with Crippen molar-refractivity contribution in [2.75, 3.05) is 12.4 Å². The predicted molar refractivity (Wildman–Crippen MR) is 89.1 cm³/mol. The summed E-state index contributed by atoms with van der Waals surface area (Å²) in [7, 11) is 1.56. The molecule has 2 aromatic rings. The van der Waals surface area contributed by atoms with Gasteiger partial charge in [-0.2, -0.15) is 4.68 Å². The first-order chi connectivity index (χ1) is 10.5. The maximum absolute atomic E-state index is 12.3. The number of aromatic nitrogens is 4. The summed E-state index contributed by atoms with van der Waals surface area (Å²) >= 11 is 0. The van der Waals surface area contributed by atoms with E-state index >= 15 is 0 Å². The Balaban J connectivity index is 0.00000264. The third kappa shape index (κ3) is 4.40. The number of rotatable bonds is 6. The Labute approximate surface area is 140 Å². The number of methoxy groups -OCH3 is 1. The average Bonchev–Trinajstić information content (AvgIpc) is 3.01. The lowest BCUT2D eigenvalue weighted by Crippen LogP contribution is -2.48. The number of nitrogens with two attached hydrogens (primary N) is 1. The molecule has 1 amide bonds. The molecule has 0 aliphatic carbocycles. The Morgan fingerprint density at radius 2 is 2.22 bits per heavy atom. The molecule has 1 unspecified atom stereocenters. The summed E-state index contributed by atoms with van der Waals surface area (Å²) in [5.41, 5.74) is 6.35. The average molecular weight is 341 g/mol. The number of benzene rings is 1. The Morgan fingerprint density at radius 1 is 1.48 bits per heavy atom. The minimum absolute atomic E-state index is 0. The Hall–Kier alpha value is -2.19. The van der Waals surface area contributed by atoms with Crippen LogP contribution < -0.4 is 15.8 Å². The maximum Gasteiger partial charge on any atom is 0.244 e. The van der Waals surface area contributed by atoms with E-state index in [0.717, 1.165) is 6.42 Å². The molecular formula is C14H21ClN6O2. The molecule has 1 aromatic heterocycles. The summed E-state index contributed by atoms with van der Waals surface area (Å²) in [6.07, 6.45) is 2.89. The number of amides is 1. The van der Waals surface area contributed by atoms with Gasteiger partial charge in [0.05, 0.1) is 12.6 Å². The normalized spacial score (nSPS) is 12.9. The fourth-order valence-corrected chi connectivity index (χ4v) is 2.13. The van der Waals surface area contributed by atoms with E-state index in [1.54, 1.807) is 32.2 Å². The first-order valence-electron chi connectivity index (χ1n) is 6.99. The SMILES string of the molecule is CCCC(C)(N)C(=O)Nc1ccc(OC)c(-n2cnnn2)c1.Cl. The number of nitrogens with one attached hydrogen (secondary N) is 1. The van der Waals surface area contributed by atoms with Crippen LogP contribution >= 0.6 is 12.4 Å². The first-order valence-corrected chi connectivity index (χ1v) is 6.99. The predicted octanol–water partition coefficient (Wildman–Crippen LogP) is 1.55. The topological polar surface area (TPSA) is 108 Å². The third-order valence-corrected chi connectivity index (χ3v) is 3.32. The summed E-state index contributed by atoms with van der Waals surface area (Å²) in [5.74, 6) is 0.358. The third-order valence-electron chi connectivity index (χ3n) is 3.32. The van der Waals surface area contributed by atoms with Gasteiger partial charge in [0.1, 0.15) is 17.8 Å². The second kappa shape index (κ2) is 7.89. The van der Waals surface area contributed by atoms with Gasteiger partial charge in [-0.05, 0) is 42.0 Å². The van der Waals surface area contributed by atoms with Gasteiger partial charge in [0.25, 0.3) is 0 Å². The summed E-state index contributed by atoms with van der Waals surface area (Å²) in [5, 5.41) is 13.8. The van der Waals surface area contributed by atoms with Crippen LogP contribution in [0, 0.1) is 0 Å². The molecule has 0 spiro atoms. The fourth-order valence-electron chi connectivity index (χ4n) is 2.13. The second-order valence-electron chi connectivity index (χ2n) is 5.26. The largest absolute Gasteiger partial charge is 0.494 e. The van der Waals surface area contributed by atoms with Gasteiger partial charge in [-0.25, -0.2) is 0 Å². The van der Waals surface area contributed by atoms with Crippen LogP contribution in [0.5, 0.6) is 5.75 Å². The molecule has 0 saturated carbocycles. The molecule has 0 bridgehead atoms. The monoisotopic (exact) mass is 340 g/mol. The van der Waals surface area contributed by atoms with Gasteiger partial charge in [-0.3, -0.25) is 4.79 Å². The number of ether oxygens (including phenoxy) is 1. The van der Waals surface area contributed by atoms with Crippen molar-refractivity contribution < 1.29 is 9.53 Å². The van der Waals surface area contributed by atoms with E-state index in [-0.39, 0.29) is 18.3 Å². The van der Waals surface area contributed by atoms with Crippen molar-refractivity contribution in [1.82, 2.24) is 20.2 Å². The molecule has 126 valence electrons. The smallest absolute Gasteiger partial charge is 0.244 e. The highest BCUT2D eigenvalue weighted by atomic mass is 35.5. The van der Waals surface area contributed by atoms with E-state index in [9.17, 15) is 4.79 Å². The van der Waals surface area contributed by atoms with Gasteiger partial charge >= 0.3 is 0 Å². The molecule has 1 heterocycles. The van der Waals surface area contributed by atoms with Gasteiger partial charge in [-0.1, -0.05) is 13.3 Å². The van der Waals surface area contributed by atoms with Crippen LogP contribution in [0.15, 0.2) is 24.5 Å². The minimum Gasteiger partial charge on any atom is -0.494 e. The van der Waals surface area contributed by atoms with Gasteiger partial charge < -0.3 is 15.8 Å². The molecule has 9 heteroatoms. The lowest BCUT2D eigenvalue weighted by molar-refractivity contribution is -0.120. The van der Waals surface area contributed by atoms with Gasteiger partial charge in [0.2, 0.25) is 5.91 Å². The van der Waals surface area contributed by atoms with Crippen molar-refractivity contribution >= 4 is 24.0 Å². The number of anilines is 1. The number of carbonyl (C=O) groups excluding carboxylic acids is 1. The van der Waals surface area contributed by atoms with Crippen LogP contribution in [0.2, 0.25) is 0 Å². The first kappa shape index (κ1) is 18.9. The van der Waals surface area contributed by atoms with Gasteiger partial charge in [0, 0.05) is 5.69 Å². The Bertz CT molecular complexity index is 645. The molecule has 1 aromatic carbocycles. The molecule has 0 fully saturated rings. The van der Waals surface area contributed by atoms with Crippen molar-refractivity contribution in [3.05, 3.63) is 24.5 Å². The molecule has 3 N–H and O–H groups in total. The van der Waals surface area contributed by atoms with Crippen molar-refractivity contribution in [2.45, 2.75) is 32.2 Å². The number of tetrazole rings is 1. The zero-order valence-corrected chi connectivity index (χ0v) is 14.1. The van der Waals surface area contributed by atoms with E-state index in [4.69, 9.17) is 10.5 Å². The van der Waals surface area contributed by atoms with Crippen molar-refractivity contribution in [3.63, 3.8) is 0 Å². The van der Waals surface area contributed by atoms with Crippen molar-refractivity contribution in [1.29, 1.82) is 0 Å². The highest BCUT2D eigenvalue weighted by Crippen LogP contribution is 2.26. The molecule has 8 nitrogen and oxygen atoms in total. The Morgan fingerprint density at radius 3 is 2.78 bits per heavy atom. The van der Waals surface area contributed by atoms with E-state index in [1.807, 2.05) is 6.92 Å². The van der Waals surface area contributed by atoms with Crippen LogP contribution in [0.3, 0.4) is 0 Å². The van der Waals surface area contributed by atoms with Crippen molar-refractivity contribution in [2.24, 2.45) is 5.73 Å². The van der Waals surface area contributed by atoms with Crippen LogP contribution in [0.1, 0.15) is 26.7 Å². The number of hydrogen-bond acceptors (Lipinski definition) is 6. The lowest BCUT2D eigenvalue weighted by Gasteiger charge is -2.23. The summed E-state index contributed by atoms with van der Waals surface area (Å²) in [6.45, 7) is 3.71. The number of hydrogen-bond donors (Lipinski definition) is 2. The number of carbonyl (C=O) groups is 1. The van der Waals surface area contributed by atoms with Gasteiger partial charge in [0.15, 0.2) is 0 Å². The summed E-state index contributed by atoms with van der Waals surface area (Å²) in [4.78, 5) is 12.3. The van der Waals surface area contributed by atoms with Crippen LogP contribution in [0.25, 0.3) is 5.69 Å². The van der Waals surface area contributed by atoms with Crippen molar-refractivity contribution in [3.8, 4) is 11.4 Å². The number of halogens is 1. The molecule has 0 aliphatic heterocycles. The standard InChI is InChI=1S/C14H20N6O2.ClH/c1-4-7-14(2,15)13(21)17-10-5-6-12(22-3)11(8-10)20-9-16-18-19-20;/h5-6,8-9H,4,7,15H2,1-3H3,(H,17,21);1H. The van der Waals surface area contributed by atoms with Crippen LogP contribution in [-0.4, -0.2) is 38.8 Å². The zero-order chi connectivity index (χ0) is 16.2. The van der Waals surface area contributed by atoms with Crippen LogP contribution in [-0.2, 0) is 4.79 Å². The molecule has 2 rings (SSSR count). The van der Waals surface area contributed by atoms with Crippen LogP contribution in [0.4, 0.5) is 5.69 Å².